The molecule has 1 fully saturated rings. The quantitative estimate of drug-likeness (QED) is 0.582. The largest absolute Gasteiger partial charge is 0.393 e. The highest BCUT2D eigenvalue weighted by atomic mass is 16.3. The first-order chi connectivity index (χ1) is 4.69. The van der Waals surface area contributed by atoms with Crippen molar-refractivity contribution in [2.45, 2.75) is 38.7 Å². The maximum atomic E-state index is 9.53. The Balaban J connectivity index is 2.56. The summed E-state index contributed by atoms with van der Waals surface area (Å²) in [5.74, 6) is 0. The first-order valence-corrected chi connectivity index (χ1v) is 3.98. The lowest BCUT2D eigenvalue weighted by Crippen LogP contribution is -2.25. The van der Waals surface area contributed by atoms with E-state index in [4.69, 9.17) is 0 Å². The summed E-state index contributed by atoms with van der Waals surface area (Å²) in [6.45, 7) is 5.84. The van der Waals surface area contributed by atoms with Crippen molar-refractivity contribution in [2.75, 3.05) is 0 Å². The van der Waals surface area contributed by atoms with E-state index in [1.807, 2.05) is 6.08 Å². The van der Waals surface area contributed by atoms with Crippen molar-refractivity contribution in [3.8, 4) is 0 Å². The monoisotopic (exact) mass is 140 g/mol. The molecule has 0 aliphatic heterocycles. The fourth-order valence-electron chi connectivity index (χ4n) is 1.78. The zero-order valence-corrected chi connectivity index (χ0v) is 6.64. The molecule has 0 saturated heterocycles. The van der Waals surface area contributed by atoms with Crippen molar-refractivity contribution in [1.29, 1.82) is 0 Å². The van der Waals surface area contributed by atoms with Crippen LogP contribution in [-0.2, 0) is 0 Å². The number of allylic oxidation sites excluding steroid dienone is 1. The molecule has 0 radical (unpaired) electrons. The molecule has 0 heterocycles. The molecule has 1 N–H and O–H groups in total. The summed E-state index contributed by atoms with van der Waals surface area (Å²) in [6, 6.07) is 0. The molecule has 0 aromatic heterocycles. The van der Waals surface area contributed by atoms with Crippen LogP contribution >= 0.6 is 0 Å². The Morgan fingerprint density at radius 1 is 1.80 bits per heavy atom. The second-order valence-electron chi connectivity index (χ2n) is 3.55. The molecule has 2 atom stereocenters. The summed E-state index contributed by atoms with van der Waals surface area (Å²) in [5.41, 5.74) is 0.141. The normalized spacial score (nSPS) is 40.0. The third-order valence-corrected chi connectivity index (χ3v) is 2.64. The van der Waals surface area contributed by atoms with Crippen LogP contribution < -0.4 is 0 Å². The molecule has 0 aromatic rings. The van der Waals surface area contributed by atoms with Crippen molar-refractivity contribution in [2.24, 2.45) is 5.41 Å². The fraction of sp³-hybridized carbons (Fsp3) is 0.778. The second-order valence-corrected chi connectivity index (χ2v) is 3.55. The highest BCUT2D eigenvalue weighted by molar-refractivity contribution is 4.92. The summed E-state index contributed by atoms with van der Waals surface area (Å²) < 4.78 is 0. The van der Waals surface area contributed by atoms with Crippen LogP contribution in [0.2, 0.25) is 0 Å². The van der Waals surface area contributed by atoms with Gasteiger partial charge in [-0.1, -0.05) is 19.4 Å². The first-order valence-electron chi connectivity index (χ1n) is 3.98. The van der Waals surface area contributed by atoms with Gasteiger partial charge in [-0.3, -0.25) is 0 Å². The predicted molar refractivity (Wildman–Crippen MR) is 42.8 cm³/mol. The lowest BCUT2D eigenvalue weighted by molar-refractivity contribution is 0.0684. The number of aliphatic hydroxyl groups is 1. The Labute approximate surface area is 62.8 Å². The summed E-state index contributed by atoms with van der Waals surface area (Å²) in [6.07, 6.45) is 6.07. The molecular formula is C9H16O. The van der Waals surface area contributed by atoms with Crippen LogP contribution in [0.5, 0.6) is 0 Å². The second kappa shape index (κ2) is 2.75. The molecule has 0 aromatic carbocycles. The lowest BCUT2D eigenvalue weighted by Gasteiger charge is -2.26. The van der Waals surface area contributed by atoms with Gasteiger partial charge in [0.1, 0.15) is 0 Å². The minimum atomic E-state index is -0.0921. The van der Waals surface area contributed by atoms with Gasteiger partial charge in [0, 0.05) is 0 Å². The average molecular weight is 140 g/mol. The summed E-state index contributed by atoms with van der Waals surface area (Å²) in [5, 5.41) is 9.53. The van der Waals surface area contributed by atoms with Gasteiger partial charge in [-0.25, -0.2) is 0 Å². The van der Waals surface area contributed by atoms with E-state index in [0.29, 0.717) is 0 Å². The standard InChI is InChI=1S/C9H16O/c1-3-6-9(2)7-4-5-8(9)10/h3,8,10H,1,4-7H2,2H3/t8-,9+/m0/s1. The summed E-state index contributed by atoms with van der Waals surface area (Å²) in [4.78, 5) is 0. The number of aliphatic hydroxyl groups excluding tert-OH is 1. The van der Waals surface area contributed by atoms with Crippen molar-refractivity contribution in [3.05, 3.63) is 12.7 Å². The molecule has 1 aliphatic rings. The molecule has 1 aliphatic carbocycles. The van der Waals surface area contributed by atoms with Crippen molar-refractivity contribution in [3.63, 3.8) is 0 Å². The smallest absolute Gasteiger partial charge is 0.0596 e. The number of rotatable bonds is 2. The molecule has 0 bridgehead atoms. The van der Waals surface area contributed by atoms with E-state index in [1.54, 1.807) is 0 Å². The van der Waals surface area contributed by atoms with E-state index in [-0.39, 0.29) is 11.5 Å². The van der Waals surface area contributed by atoms with Gasteiger partial charge in [-0.05, 0) is 24.7 Å². The van der Waals surface area contributed by atoms with Gasteiger partial charge in [0.05, 0.1) is 6.10 Å². The van der Waals surface area contributed by atoms with Crippen LogP contribution in [0.15, 0.2) is 12.7 Å². The Morgan fingerprint density at radius 2 is 2.50 bits per heavy atom. The summed E-state index contributed by atoms with van der Waals surface area (Å²) in [7, 11) is 0. The van der Waals surface area contributed by atoms with Crippen LogP contribution in [0, 0.1) is 5.41 Å². The fourth-order valence-corrected chi connectivity index (χ4v) is 1.78. The lowest BCUT2D eigenvalue weighted by atomic mass is 9.83. The molecule has 1 heteroatoms. The zero-order chi connectivity index (χ0) is 7.61. The molecule has 10 heavy (non-hydrogen) atoms. The molecule has 58 valence electrons. The first kappa shape index (κ1) is 7.80. The van der Waals surface area contributed by atoms with E-state index in [1.165, 1.54) is 6.42 Å². The van der Waals surface area contributed by atoms with Gasteiger partial charge >= 0.3 is 0 Å². The Morgan fingerprint density at radius 3 is 2.90 bits per heavy atom. The van der Waals surface area contributed by atoms with E-state index in [2.05, 4.69) is 13.5 Å². The van der Waals surface area contributed by atoms with Crippen molar-refractivity contribution in [1.82, 2.24) is 0 Å². The number of hydrogen-bond acceptors (Lipinski definition) is 1. The van der Waals surface area contributed by atoms with Gasteiger partial charge in [-0.15, -0.1) is 6.58 Å². The number of hydrogen-bond donors (Lipinski definition) is 1. The topological polar surface area (TPSA) is 20.2 Å². The minimum absolute atomic E-state index is 0.0921. The molecule has 1 rings (SSSR count). The van der Waals surface area contributed by atoms with Gasteiger partial charge in [0.25, 0.3) is 0 Å². The van der Waals surface area contributed by atoms with Crippen molar-refractivity contribution >= 4 is 0 Å². The third kappa shape index (κ3) is 1.24. The third-order valence-electron chi connectivity index (χ3n) is 2.64. The minimum Gasteiger partial charge on any atom is -0.393 e. The van der Waals surface area contributed by atoms with Crippen LogP contribution in [0.3, 0.4) is 0 Å². The molecule has 0 unspecified atom stereocenters. The zero-order valence-electron chi connectivity index (χ0n) is 6.64. The van der Waals surface area contributed by atoms with Gasteiger partial charge < -0.3 is 5.11 Å². The van der Waals surface area contributed by atoms with Gasteiger partial charge in [-0.2, -0.15) is 0 Å². The molecule has 1 saturated carbocycles. The van der Waals surface area contributed by atoms with Crippen molar-refractivity contribution < 1.29 is 5.11 Å². The van der Waals surface area contributed by atoms with Gasteiger partial charge in [0.2, 0.25) is 0 Å². The van der Waals surface area contributed by atoms with E-state index >= 15 is 0 Å². The maximum Gasteiger partial charge on any atom is 0.0596 e. The van der Waals surface area contributed by atoms with Crippen LogP contribution in [0.1, 0.15) is 32.6 Å². The molecule has 1 nitrogen and oxygen atoms in total. The highest BCUT2D eigenvalue weighted by Gasteiger charge is 2.35. The molecular weight excluding hydrogens is 124 g/mol. The SMILES string of the molecule is C=CC[C@]1(C)CCC[C@@H]1O. The van der Waals surface area contributed by atoms with Crippen LogP contribution in [-0.4, -0.2) is 11.2 Å². The van der Waals surface area contributed by atoms with Crippen LogP contribution in [0.4, 0.5) is 0 Å². The Hall–Kier alpha value is -0.300. The van der Waals surface area contributed by atoms with E-state index in [9.17, 15) is 5.11 Å². The highest BCUT2D eigenvalue weighted by Crippen LogP contribution is 2.40. The predicted octanol–water partition coefficient (Wildman–Crippen LogP) is 2.11. The maximum absolute atomic E-state index is 9.53. The Kier molecular flexibility index (Phi) is 2.14. The molecule has 0 spiro atoms. The Bertz CT molecular complexity index is 131. The van der Waals surface area contributed by atoms with E-state index < -0.39 is 0 Å². The summed E-state index contributed by atoms with van der Waals surface area (Å²) >= 11 is 0. The molecule has 0 amide bonds. The average Bonchev–Trinajstić information content (AvgIpc) is 2.15. The van der Waals surface area contributed by atoms with Gasteiger partial charge in [0.15, 0.2) is 0 Å². The van der Waals surface area contributed by atoms with E-state index in [0.717, 1.165) is 19.3 Å². The van der Waals surface area contributed by atoms with Crippen LogP contribution in [0.25, 0.3) is 0 Å².